The van der Waals surface area contributed by atoms with Crippen LogP contribution >= 0.6 is 0 Å². The minimum absolute atomic E-state index is 0.0964. The van der Waals surface area contributed by atoms with Crippen LogP contribution in [0.5, 0.6) is 5.75 Å². The number of hydrogen-bond donors (Lipinski definition) is 1. The predicted molar refractivity (Wildman–Crippen MR) is 112 cm³/mol. The third kappa shape index (κ3) is 3.82. The molecule has 6 nitrogen and oxygen atoms in total. The quantitative estimate of drug-likeness (QED) is 0.767. The molecular formula is C24H26N2O4. The number of hydrogen-bond acceptors (Lipinski definition) is 4. The Labute approximate surface area is 176 Å². The van der Waals surface area contributed by atoms with Crippen molar-refractivity contribution in [3.05, 3.63) is 64.7 Å². The molecule has 0 bridgehead atoms. The Morgan fingerprint density at radius 3 is 2.47 bits per heavy atom. The second-order valence-electron chi connectivity index (χ2n) is 8.64. The molecule has 156 valence electrons. The van der Waals surface area contributed by atoms with Gasteiger partial charge in [-0.1, -0.05) is 24.3 Å². The van der Waals surface area contributed by atoms with Crippen molar-refractivity contribution >= 4 is 17.7 Å². The third-order valence-electron chi connectivity index (χ3n) is 5.63. The van der Waals surface area contributed by atoms with Gasteiger partial charge in [0.2, 0.25) is 5.91 Å². The van der Waals surface area contributed by atoms with Gasteiger partial charge in [-0.2, -0.15) is 0 Å². The molecule has 2 aliphatic rings. The van der Waals surface area contributed by atoms with Crippen molar-refractivity contribution in [2.24, 2.45) is 0 Å². The third-order valence-corrected chi connectivity index (χ3v) is 5.63. The maximum atomic E-state index is 12.6. The van der Waals surface area contributed by atoms with Crippen LogP contribution in [0.3, 0.4) is 0 Å². The van der Waals surface area contributed by atoms with Crippen LogP contribution in [-0.4, -0.2) is 34.8 Å². The minimum Gasteiger partial charge on any atom is -0.487 e. The fourth-order valence-electron chi connectivity index (χ4n) is 4.19. The van der Waals surface area contributed by atoms with E-state index in [1.165, 1.54) is 4.90 Å². The normalized spacial score (nSPS) is 19.2. The van der Waals surface area contributed by atoms with Crippen LogP contribution < -0.4 is 10.1 Å². The molecule has 0 fully saturated rings. The summed E-state index contributed by atoms with van der Waals surface area (Å²) in [6.45, 7) is 6.27. The number of imide groups is 1. The average Bonchev–Trinajstić information content (AvgIpc) is 2.92. The van der Waals surface area contributed by atoms with Gasteiger partial charge >= 0.3 is 0 Å². The van der Waals surface area contributed by atoms with Crippen LogP contribution in [0.25, 0.3) is 0 Å². The number of fused-ring (bicyclic) bond motifs is 2. The summed E-state index contributed by atoms with van der Waals surface area (Å²) < 4.78 is 6.08. The van der Waals surface area contributed by atoms with Gasteiger partial charge in [-0.25, -0.2) is 0 Å². The number of aryl methyl sites for hydroxylation is 1. The van der Waals surface area contributed by atoms with Crippen molar-refractivity contribution < 1.29 is 19.1 Å². The Kier molecular flexibility index (Phi) is 5.10. The molecule has 6 heteroatoms. The number of nitrogens with zero attached hydrogens (tertiary/aromatic N) is 1. The highest BCUT2D eigenvalue weighted by atomic mass is 16.5. The van der Waals surface area contributed by atoms with Gasteiger partial charge in [-0.3, -0.25) is 19.3 Å². The summed E-state index contributed by atoms with van der Waals surface area (Å²) in [6, 6.07) is 12.7. The zero-order valence-electron chi connectivity index (χ0n) is 17.5. The molecule has 2 aromatic carbocycles. The summed E-state index contributed by atoms with van der Waals surface area (Å²) in [7, 11) is 0. The molecule has 2 heterocycles. The van der Waals surface area contributed by atoms with Crippen molar-refractivity contribution in [1.29, 1.82) is 0 Å². The van der Waals surface area contributed by atoms with E-state index in [9.17, 15) is 14.4 Å². The summed E-state index contributed by atoms with van der Waals surface area (Å²) in [5, 5.41) is 3.11. The number of amides is 3. The molecule has 0 saturated heterocycles. The number of nitrogens with one attached hydrogen (secondary N) is 1. The maximum Gasteiger partial charge on any atom is 0.261 e. The van der Waals surface area contributed by atoms with Gasteiger partial charge in [0.05, 0.1) is 17.2 Å². The van der Waals surface area contributed by atoms with Gasteiger partial charge in [-0.05, 0) is 51.0 Å². The van der Waals surface area contributed by atoms with E-state index in [0.717, 1.165) is 16.9 Å². The van der Waals surface area contributed by atoms with Gasteiger partial charge in [-0.15, -0.1) is 0 Å². The molecule has 1 atom stereocenters. The van der Waals surface area contributed by atoms with E-state index < -0.39 is 0 Å². The second kappa shape index (κ2) is 7.59. The molecule has 3 amide bonds. The molecular weight excluding hydrogens is 380 g/mol. The van der Waals surface area contributed by atoms with Crippen molar-refractivity contribution in [2.75, 3.05) is 6.54 Å². The first-order valence-corrected chi connectivity index (χ1v) is 10.3. The Bertz CT molecular complexity index is 993. The topological polar surface area (TPSA) is 75.7 Å². The zero-order chi connectivity index (χ0) is 21.5. The summed E-state index contributed by atoms with van der Waals surface area (Å²) in [4.78, 5) is 38.7. The van der Waals surface area contributed by atoms with Gasteiger partial charge in [0.25, 0.3) is 11.8 Å². The first-order valence-electron chi connectivity index (χ1n) is 10.3. The molecule has 30 heavy (non-hydrogen) atoms. The van der Waals surface area contributed by atoms with Gasteiger partial charge in [0, 0.05) is 24.9 Å². The Hall–Kier alpha value is -3.15. The van der Waals surface area contributed by atoms with E-state index in [2.05, 4.69) is 5.32 Å². The monoisotopic (exact) mass is 406 g/mol. The lowest BCUT2D eigenvalue weighted by Crippen LogP contribution is -2.41. The zero-order valence-corrected chi connectivity index (χ0v) is 17.5. The van der Waals surface area contributed by atoms with Crippen molar-refractivity contribution in [3.8, 4) is 5.75 Å². The Morgan fingerprint density at radius 2 is 1.80 bits per heavy atom. The van der Waals surface area contributed by atoms with Crippen molar-refractivity contribution in [3.63, 3.8) is 0 Å². The number of ether oxygens (including phenoxy) is 1. The SMILES string of the molecule is Cc1ccc2c(c1)OC(C)(C)C[C@H]2NC(=O)CCCN1C(=O)c2ccccc2C1=O. The van der Waals surface area contributed by atoms with Crippen molar-refractivity contribution in [1.82, 2.24) is 10.2 Å². The number of carbonyl (C=O) groups excluding carboxylic acids is 3. The van der Waals surface area contributed by atoms with Crippen LogP contribution in [0.4, 0.5) is 0 Å². The molecule has 1 N–H and O–H groups in total. The van der Waals surface area contributed by atoms with Crippen molar-refractivity contribution in [2.45, 2.75) is 51.7 Å². The lowest BCUT2D eigenvalue weighted by molar-refractivity contribution is -0.122. The standard InChI is InChI=1S/C24H26N2O4/c1-15-10-11-18-19(14-24(2,3)30-20(18)13-15)25-21(27)9-6-12-26-22(28)16-7-4-5-8-17(16)23(26)29/h4-5,7-8,10-11,13,19H,6,9,12,14H2,1-3H3,(H,25,27)/t19-/m1/s1. The van der Waals surface area contributed by atoms with E-state index in [1.807, 2.05) is 39.0 Å². The van der Waals surface area contributed by atoms with Crippen LogP contribution in [0, 0.1) is 6.92 Å². The van der Waals surface area contributed by atoms with Gasteiger partial charge in [0.1, 0.15) is 11.4 Å². The highest BCUT2D eigenvalue weighted by molar-refractivity contribution is 6.21. The highest BCUT2D eigenvalue weighted by Crippen LogP contribution is 2.39. The molecule has 2 aromatic rings. The first kappa shape index (κ1) is 20.1. The summed E-state index contributed by atoms with van der Waals surface area (Å²) in [6.07, 6.45) is 1.34. The van der Waals surface area contributed by atoms with E-state index in [1.54, 1.807) is 24.3 Å². The lowest BCUT2D eigenvalue weighted by Gasteiger charge is -2.38. The number of benzene rings is 2. The first-order chi connectivity index (χ1) is 14.2. The molecule has 0 spiro atoms. The Morgan fingerprint density at radius 1 is 1.13 bits per heavy atom. The molecule has 0 unspecified atom stereocenters. The van der Waals surface area contributed by atoms with Gasteiger partial charge < -0.3 is 10.1 Å². The molecule has 0 aromatic heterocycles. The molecule has 0 saturated carbocycles. The molecule has 2 aliphatic heterocycles. The van der Waals surface area contributed by atoms with Crippen LogP contribution in [0.2, 0.25) is 0 Å². The second-order valence-corrected chi connectivity index (χ2v) is 8.64. The molecule has 0 aliphatic carbocycles. The number of carbonyl (C=O) groups is 3. The van der Waals surface area contributed by atoms with E-state index in [-0.39, 0.29) is 42.3 Å². The van der Waals surface area contributed by atoms with Crippen LogP contribution in [0.15, 0.2) is 42.5 Å². The fraction of sp³-hybridized carbons (Fsp3) is 0.375. The maximum absolute atomic E-state index is 12.6. The smallest absolute Gasteiger partial charge is 0.261 e. The fourth-order valence-corrected chi connectivity index (χ4v) is 4.19. The highest BCUT2D eigenvalue weighted by Gasteiger charge is 2.36. The van der Waals surface area contributed by atoms with Crippen LogP contribution in [0.1, 0.15) is 71.0 Å². The van der Waals surface area contributed by atoms with E-state index in [0.29, 0.717) is 24.0 Å². The minimum atomic E-state index is -0.376. The predicted octanol–water partition coefficient (Wildman–Crippen LogP) is 3.79. The van der Waals surface area contributed by atoms with Gasteiger partial charge in [0.15, 0.2) is 0 Å². The lowest BCUT2D eigenvalue weighted by atomic mass is 9.89. The average molecular weight is 406 g/mol. The molecule has 4 rings (SSSR count). The summed E-state index contributed by atoms with van der Waals surface area (Å²) in [5.41, 5.74) is 2.58. The summed E-state index contributed by atoms with van der Waals surface area (Å²) >= 11 is 0. The van der Waals surface area contributed by atoms with E-state index in [4.69, 9.17) is 4.74 Å². The Balaban J connectivity index is 1.36. The molecule has 0 radical (unpaired) electrons. The van der Waals surface area contributed by atoms with E-state index >= 15 is 0 Å². The largest absolute Gasteiger partial charge is 0.487 e. The van der Waals surface area contributed by atoms with Crippen LogP contribution in [-0.2, 0) is 4.79 Å². The summed E-state index contributed by atoms with van der Waals surface area (Å²) in [5.74, 6) is 0.140. The number of rotatable bonds is 5.